The number of carbonyl (C=O) groups is 2. The number of likely N-dealkylation sites (tertiary alicyclic amines) is 1. The third kappa shape index (κ3) is 3.59. The summed E-state index contributed by atoms with van der Waals surface area (Å²) in [5, 5.41) is 0. The van der Waals surface area contributed by atoms with Crippen molar-refractivity contribution in [3.63, 3.8) is 0 Å². The molecule has 3 heterocycles. The summed E-state index contributed by atoms with van der Waals surface area (Å²) in [6.45, 7) is 6.13. The highest BCUT2D eigenvalue weighted by molar-refractivity contribution is 5.89. The monoisotopic (exact) mass is 361 g/mol. The molecule has 142 valence electrons. The van der Waals surface area contributed by atoms with Gasteiger partial charge in [-0.05, 0) is 12.3 Å². The molecule has 1 aromatic heterocycles. The Bertz CT molecular complexity index is 771. The maximum Gasteiger partial charge on any atom is 0.255 e. The molecule has 0 aromatic carbocycles. The molecule has 0 bridgehead atoms. The van der Waals surface area contributed by atoms with Crippen LogP contribution in [-0.4, -0.2) is 65.3 Å². The van der Waals surface area contributed by atoms with Crippen LogP contribution in [0, 0.1) is 11.8 Å². The topological polar surface area (TPSA) is 89.6 Å². The van der Waals surface area contributed by atoms with Crippen molar-refractivity contribution < 1.29 is 9.59 Å². The number of H-pyrrole nitrogens is 1. The lowest BCUT2D eigenvalue weighted by Crippen LogP contribution is -2.43. The zero-order valence-electron chi connectivity index (χ0n) is 15.9. The Kier molecular flexibility index (Phi) is 5.02. The summed E-state index contributed by atoms with van der Waals surface area (Å²) in [5.41, 5.74) is 1.17. The van der Waals surface area contributed by atoms with Gasteiger partial charge in [-0.1, -0.05) is 13.8 Å². The van der Waals surface area contributed by atoms with Crippen molar-refractivity contribution in [1.82, 2.24) is 19.8 Å². The summed E-state index contributed by atoms with van der Waals surface area (Å²) in [6, 6.07) is 0. The van der Waals surface area contributed by atoms with Gasteiger partial charge in [0.15, 0.2) is 0 Å². The van der Waals surface area contributed by atoms with E-state index in [0.29, 0.717) is 55.7 Å². The zero-order chi connectivity index (χ0) is 19.0. The van der Waals surface area contributed by atoms with Gasteiger partial charge in [0.2, 0.25) is 17.8 Å². The van der Waals surface area contributed by atoms with Gasteiger partial charge >= 0.3 is 0 Å². The molecular formula is C18H27N5O3. The first-order valence-electron chi connectivity index (χ1n) is 9.12. The molecule has 2 amide bonds. The minimum atomic E-state index is -0.293. The number of hydrogen-bond acceptors (Lipinski definition) is 5. The molecular weight excluding hydrogens is 334 g/mol. The van der Waals surface area contributed by atoms with Crippen LogP contribution in [0.2, 0.25) is 0 Å². The van der Waals surface area contributed by atoms with E-state index in [-0.39, 0.29) is 29.7 Å². The average molecular weight is 361 g/mol. The van der Waals surface area contributed by atoms with Gasteiger partial charge in [0.05, 0.1) is 18.2 Å². The Hall–Kier alpha value is -2.38. The van der Waals surface area contributed by atoms with Crippen LogP contribution in [0.25, 0.3) is 0 Å². The van der Waals surface area contributed by atoms with Crippen LogP contribution in [0.1, 0.15) is 31.5 Å². The zero-order valence-corrected chi connectivity index (χ0v) is 15.9. The summed E-state index contributed by atoms with van der Waals surface area (Å²) >= 11 is 0. The quantitative estimate of drug-likeness (QED) is 0.829. The van der Waals surface area contributed by atoms with Crippen molar-refractivity contribution in [2.45, 2.75) is 33.2 Å². The van der Waals surface area contributed by atoms with Crippen molar-refractivity contribution in [3.8, 4) is 0 Å². The second-order valence-electron chi connectivity index (χ2n) is 7.81. The van der Waals surface area contributed by atoms with Crippen LogP contribution in [0.15, 0.2) is 4.79 Å². The molecule has 1 aromatic rings. The van der Waals surface area contributed by atoms with Crippen LogP contribution < -0.4 is 10.5 Å². The van der Waals surface area contributed by atoms with Gasteiger partial charge in [-0.2, -0.15) is 0 Å². The number of carbonyl (C=O) groups excluding carboxylic acids is 2. The molecule has 0 spiro atoms. The third-order valence-corrected chi connectivity index (χ3v) is 4.95. The van der Waals surface area contributed by atoms with Crippen molar-refractivity contribution in [2.75, 3.05) is 38.6 Å². The Morgan fingerprint density at radius 3 is 2.73 bits per heavy atom. The molecule has 0 unspecified atom stereocenters. The summed E-state index contributed by atoms with van der Waals surface area (Å²) in [7, 11) is 3.62. The average Bonchev–Trinajstić information content (AvgIpc) is 2.93. The van der Waals surface area contributed by atoms with Gasteiger partial charge in [0, 0.05) is 45.7 Å². The van der Waals surface area contributed by atoms with Gasteiger partial charge < -0.3 is 14.7 Å². The van der Waals surface area contributed by atoms with Gasteiger partial charge in [-0.3, -0.25) is 19.4 Å². The number of nitrogens with zero attached hydrogens (tertiary/aromatic N) is 4. The van der Waals surface area contributed by atoms with Crippen molar-refractivity contribution in [3.05, 3.63) is 21.6 Å². The molecule has 26 heavy (non-hydrogen) atoms. The number of rotatable bonds is 4. The Labute approximate surface area is 153 Å². The van der Waals surface area contributed by atoms with Crippen molar-refractivity contribution in [2.24, 2.45) is 11.8 Å². The van der Waals surface area contributed by atoms with E-state index in [4.69, 9.17) is 0 Å². The predicted octanol–water partition coefficient (Wildman–Crippen LogP) is 0.225. The normalized spacial score (nSPS) is 19.9. The third-order valence-electron chi connectivity index (χ3n) is 4.95. The van der Waals surface area contributed by atoms with Crippen LogP contribution in [0.5, 0.6) is 0 Å². The number of aromatic nitrogens is 2. The van der Waals surface area contributed by atoms with E-state index in [0.717, 1.165) is 0 Å². The number of nitrogens with one attached hydrogen (secondary N) is 1. The van der Waals surface area contributed by atoms with E-state index in [9.17, 15) is 14.4 Å². The van der Waals surface area contributed by atoms with E-state index < -0.39 is 0 Å². The molecule has 2 aliphatic heterocycles. The highest BCUT2D eigenvalue weighted by Gasteiger charge is 2.37. The number of hydrogen-bond donors (Lipinski definition) is 1. The first-order chi connectivity index (χ1) is 12.3. The van der Waals surface area contributed by atoms with Gasteiger partial charge in [-0.15, -0.1) is 0 Å². The van der Waals surface area contributed by atoms with E-state index in [1.54, 1.807) is 14.7 Å². The lowest BCUT2D eigenvalue weighted by molar-refractivity contribution is -0.136. The number of fused-ring (bicyclic) bond motifs is 1. The second kappa shape index (κ2) is 7.09. The molecule has 2 aliphatic rings. The molecule has 1 atom stereocenters. The lowest BCUT2D eigenvalue weighted by Gasteiger charge is -2.30. The maximum atomic E-state index is 12.9. The van der Waals surface area contributed by atoms with Crippen LogP contribution in [0.4, 0.5) is 5.95 Å². The van der Waals surface area contributed by atoms with E-state index >= 15 is 0 Å². The first-order valence-corrected chi connectivity index (χ1v) is 9.12. The number of anilines is 1. The molecule has 0 aliphatic carbocycles. The first kappa shape index (κ1) is 18.4. The van der Waals surface area contributed by atoms with Gasteiger partial charge in [0.25, 0.3) is 5.56 Å². The SMILES string of the molecule is CC(C)CN1C[C@@H](C(=O)N2CCc3c(nc(N(C)C)[nH]c3=O)C2)CC1=O. The smallest absolute Gasteiger partial charge is 0.255 e. The van der Waals surface area contributed by atoms with Gasteiger partial charge in [-0.25, -0.2) is 4.98 Å². The molecule has 0 radical (unpaired) electrons. The molecule has 3 rings (SSSR count). The predicted molar refractivity (Wildman–Crippen MR) is 97.8 cm³/mol. The van der Waals surface area contributed by atoms with Crippen LogP contribution in [0.3, 0.4) is 0 Å². The summed E-state index contributed by atoms with van der Waals surface area (Å²) in [4.78, 5) is 49.8. The van der Waals surface area contributed by atoms with E-state index in [2.05, 4.69) is 23.8 Å². The largest absolute Gasteiger partial charge is 0.348 e. The molecule has 1 fully saturated rings. The van der Waals surface area contributed by atoms with Crippen molar-refractivity contribution in [1.29, 1.82) is 0 Å². The molecule has 8 nitrogen and oxygen atoms in total. The van der Waals surface area contributed by atoms with Gasteiger partial charge in [0.1, 0.15) is 0 Å². The summed E-state index contributed by atoms with van der Waals surface area (Å²) in [5.74, 6) is 0.623. The highest BCUT2D eigenvalue weighted by atomic mass is 16.2. The minimum Gasteiger partial charge on any atom is -0.348 e. The number of aromatic amines is 1. The Balaban J connectivity index is 1.73. The fraction of sp³-hybridized carbons (Fsp3) is 0.667. The van der Waals surface area contributed by atoms with E-state index in [1.165, 1.54) is 0 Å². The summed E-state index contributed by atoms with van der Waals surface area (Å²) in [6.07, 6.45) is 0.772. The summed E-state index contributed by atoms with van der Waals surface area (Å²) < 4.78 is 0. The maximum absolute atomic E-state index is 12.9. The Morgan fingerprint density at radius 1 is 1.35 bits per heavy atom. The van der Waals surface area contributed by atoms with E-state index in [1.807, 2.05) is 14.1 Å². The van der Waals surface area contributed by atoms with Crippen LogP contribution >= 0.6 is 0 Å². The standard InChI is InChI=1S/C18H27N5O3/c1-11(2)8-23-9-12(7-15(23)24)17(26)22-6-5-13-14(10-22)19-18(21(3)4)20-16(13)25/h11-12H,5-10H2,1-4H3,(H,19,20,25)/t12-/m0/s1. The highest BCUT2D eigenvalue weighted by Crippen LogP contribution is 2.24. The fourth-order valence-electron chi connectivity index (χ4n) is 3.64. The fourth-order valence-corrected chi connectivity index (χ4v) is 3.64. The minimum absolute atomic E-state index is 0.0104. The second-order valence-corrected chi connectivity index (χ2v) is 7.81. The molecule has 1 saturated heterocycles. The Morgan fingerprint density at radius 2 is 2.08 bits per heavy atom. The molecule has 1 N–H and O–H groups in total. The molecule has 8 heteroatoms. The van der Waals surface area contributed by atoms with Crippen molar-refractivity contribution >= 4 is 17.8 Å². The van der Waals surface area contributed by atoms with Crippen LogP contribution in [-0.2, 0) is 22.6 Å². The molecule has 0 saturated carbocycles. The number of amides is 2. The lowest BCUT2D eigenvalue weighted by atomic mass is 10.0.